The van der Waals surface area contributed by atoms with E-state index in [1.54, 1.807) is 0 Å². The van der Waals surface area contributed by atoms with Gasteiger partial charge in [0.25, 0.3) is 0 Å². The summed E-state index contributed by atoms with van der Waals surface area (Å²) in [5.41, 5.74) is 0. The van der Waals surface area contributed by atoms with Gasteiger partial charge in [0.1, 0.15) is 0 Å². The maximum atomic E-state index is 10.2. The number of carboxylic acid groups (broad SMARTS) is 1. The molecule has 48 valence electrons. The average molecular weight is 240 g/mol. The molecule has 4 unspecified atom stereocenters. The molecule has 0 aromatic carbocycles. The fourth-order valence-electron chi connectivity index (χ4n) is 0.225. The average Bonchev–Trinajstić information content (AvgIpc) is 1.64. The molecular formula is C4H10As2O2. The van der Waals surface area contributed by atoms with Crippen LogP contribution in [0.3, 0.4) is 0 Å². The van der Waals surface area contributed by atoms with Gasteiger partial charge in [-0.2, -0.15) is 0 Å². The first kappa shape index (κ1) is 8.59. The van der Waals surface area contributed by atoms with Crippen molar-refractivity contribution >= 4 is 39.7 Å². The zero-order valence-electron chi connectivity index (χ0n) is 4.66. The minimum absolute atomic E-state index is 0.123. The summed E-state index contributed by atoms with van der Waals surface area (Å²) in [7, 11) is 0. The Morgan fingerprint density at radius 3 is 2.00 bits per heavy atom. The number of carbonyl (C=O) groups is 1. The molecule has 0 aromatic rings. The molecule has 0 aromatic heterocycles. The van der Waals surface area contributed by atoms with Crippen LogP contribution in [0.2, 0.25) is 9.41 Å². The Kier molecular flexibility index (Phi) is 3.84. The van der Waals surface area contributed by atoms with Crippen molar-refractivity contribution in [1.29, 1.82) is 0 Å². The normalized spacial score (nSPS) is 17.4. The first-order chi connectivity index (χ1) is 3.55. The Labute approximate surface area is 66.0 Å². The van der Waals surface area contributed by atoms with E-state index in [-0.39, 0.29) is 4.71 Å². The number of hydrogen-bond acceptors (Lipinski definition) is 1. The van der Waals surface area contributed by atoms with Gasteiger partial charge in [0, 0.05) is 0 Å². The Morgan fingerprint density at radius 1 is 1.62 bits per heavy atom. The summed E-state index contributed by atoms with van der Waals surface area (Å²) < 4.78 is 0.211. The van der Waals surface area contributed by atoms with Crippen LogP contribution in [0, 0.1) is 0 Å². The predicted molar refractivity (Wildman–Crippen MR) is 37.9 cm³/mol. The van der Waals surface area contributed by atoms with E-state index >= 15 is 0 Å². The van der Waals surface area contributed by atoms with Crippen LogP contribution < -0.4 is 0 Å². The summed E-state index contributed by atoms with van der Waals surface area (Å²) in [4.78, 5) is 10.2. The van der Waals surface area contributed by atoms with Gasteiger partial charge in [-0.25, -0.2) is 0 Å². The van der Waals surface area contributed by atoms with Crippen molar-refractivity contribution in [2.45, 2.75) is 16.3 Å². The summed E-state index contributed by atoms with van der Waals surface area (Å²) in [6, 6.07) is 0. The van der Waals surface area contributed by atoms with Crippen LogP contribution in [0.1, 0.15) is 6.92 Å². The summed E-state index contributed by atoms with van der Waals surface area (Å²) in [5.74, 6) is -0.665. The third-order valence-corrected chi connectivity index (χ3v) is 5.55. The predicted octanol–water partition coefficient (Wildman–Crippen LogP) is -1.07. The van der Waals surface area contributed by atoms with Crippen molar-refractivity contribution in [3.63, 3.8) is 0 Å². The topological polar surface area (TPSA) is 37.3 Å². The second kappa shape index (κ2) is 3.58. The Morgan fingerprint density at radius 2 is 2.00 bits per heavy atom. The van der Waals surface area contributed by atoms with Gasteiger partial charge in [-0.3, -0.25) is 0 Å². The van der Waals surface area contributed by atoms with Crippen molar-refractivity contribution in [2.24, 2.45) is 0 Å². The van der Waals surface area contributed by atoms with E-state index in [0.29, 0.717) is 4.71 Å². The van der Waals surface area contributed by atoms with Crippen LogP contribution in [0.15, 0.2) is 0 Å². The molecule has 0 fully saturated rings. The van der Waals surface area contributed by atoms with Crippen LogP contribution in [0.25, 0.3) is 0 Å². The summed E-state index contributed by atoms with van der Waals surface area (Å²) in [6.45, 7) is 1.94. The fourth-order valence-corrected chi connectivity index (χ4v) is 0.570. The number of hydrogen-bond donors (Lipinski definition) is 1. The van der Waals surface area contributed by atoms with Crippen LogP contribution in [0.4, 0.5) is 0 Å². The van der Waals surface area contributed by atoms with Crippen molar-refractivity contribution < 1.29 is 9.90 Å². The molecule has 0 rings (SSSR count). The minimum atomic E-state index is -0.665. The Balaban J connectivity index is 3.64. The molecule has 8 heavy (non-hydrogen) atoms. The summed E-state index contributed by atoms with van der Waals surface area (Å²) in [6.07, 6.45) is 0. The van der Waals surface area contributed by atoms with E-state index in [0.717, 1.165) is 0 Å². The van der Waals surface area contributed by atoms with E-state index in [2.05, 4.69) is 0 Å². The van der Waals surface area contributed by atoms with Gasteiger partial charge >= 0.3 is 65.9 Å². The molecule has 0 amide bonds. The SMILES string of the molecule is CC([AsH2])C([AsH2])C(=O)O. The molecule has 2 nitrogen and oxygen atoms in total. The van der Waals surface area contributed by atoms with Gasteiger partial charge in [-0.05, 0) is 0 Å². The molecule has 1 N–H and O–H groups in total. The number of carboxylic acids is 1. The molecule has 4 heteroatoms. The summed E-state index contributed by atoms with van der Waals surface area (Å²) >= 11 is 2.80. The van der Waals surface area contributed by atoms with Gasteiger partial charge in [-0.1, -0.05) is 0 Å². The molecule has 4 atom stereocenters. The third-order valence-electron chi connectivity index (χ3n) is 0.852. The van der Waals surface area contributed by atoms with Crippen LogP contribution in [-0.2, 0) is 4.79 Å². The summed E-state index contributed by atoms with van der Waals surface area (Å²) in [5, 5.41) is 8.38. The maximum absolute atomic E-state index is 10.2. The van der Waals surface area contributed by atoms with Gasteiger partial charge < -0.3 is 0 Å². The standard InChI is InChI=1S/C4H10As2O2/c1-2(5)3(6)4(7)8/h2-3H,5-6H2,1H3,(H,7,8). The molecule has 0 aliphatic heterocycles. The van der Waals surface area contributed by atoms with Crippen molar-refractivity contribution in [1.82, 2.24) is 0 Å². The Hall–Kier alpha value is 0.587. The monoisotopic (exact) mass is 240 g/mol. The van der Waals surface area contributed by atoms with E-state index in [1.807, 2.05) is 6.92 Å². The van der Waals surface area contributed by atoms with Crippen molar-refractivity contribution in [3.8, 4) is 0 Å². The number of rotatable bonds is 2. The molecule has 0 aliphatic rings. The quantitative estimate of drug-likeness (QED) is 0.624. The van der Waals surface area contributed by atoms with Gasteiger partial charge in [0.05, 0.1) is 0 Å². The van der Waals surface area contributed by atoms with E-state index in [1.165, 1.54) is 33.7 Å². The van der Waals surface area contributed by atoms with E-state index in [9.17, 15) is 4.79 Å². The van der Waals surface area contributed by atoms with Gasteiger partial charge in [-0.15, -0.1) is 0 Å². The zero-order valence-corrected chi connectivity index (χ0v) is 9.51. The zero-order chi connectivity index (χ0) is 6.73. The molecular weight excluding hydrogens is 230 g/mol. The van der Waals surface area contributed by atoms with E-state index < -0.39 is 5.97 Å². The number of aliphatic carboxylic acids is 1. The first-order valence-electron chi connectivity index (χ1n) is 2.29. The second-order valence-corrected chi connectivity index (χ2v) is 5.44. The second-order valence-electron chi connectivity index (χ2n) is 1.72. The molecule has 0 aliphatic carbocycles. The van der Waals surface area contributed by atoms with Crippen LogP contribution in [0.5, 0.6) is 0 Å². The van der Waals surface area contributed by atoms with Crippen molar-refractivity contribution in [3.05, 3.63) is 0 Å². The molecule has 0 saturated carbocycles. The fraction of sp³-hybridized carbons (Fsp3) is 0.750. The third kappa shape index (κ3) is 2.79. The van der Waals surface area contributed by atoms with E-state index in [4.69, 9.17) is 5.11 Å². The molecule has 0 radical (unpaired) electrons. The first-order valence-corrected chi connectivity index (χ1v) is 5.09. The molecule has 0 heterocycles. The van der Waals surface area contributed by atoms with Gasteiger partial charge in [0.2, 0.25) is 0 Å². The van der Waals surface area contributed by atoms with Crippen LogP contribution in [-0.4, -0.2) is 44.8 Å². The van der Waals surface area contributed by atoms with Crippen molar-refractivity contribution in [2.75, 3.05) is 0 Å². The van der Waals surface area contributed by atoms with Gasteiger partial charge in [0.15, 0.2) is 0 Å². The molecule has 0 bridgehead atoms. The molecule has 0 spiro atoms. The Bertz CT molecular complexity index is 92.0. The van der Waals surface area contributed by atoms with Crippen LogP contribution >= 0.6 is 0 Å². The molecule has 0 saturated heterocycles.